The molecular weight excluding hydrogens is 312 g/mol. The van der Waals surface area contributed by atoms with Gasteiger partial charge in [0.15, 0.2) is 0 Å². The van der Waals surface area contributed by atoms with Crippen LogP contribution >= 0.6 is 0 Å². The van der Waals surface area contributed by atoms with Gasteiger partial charge < -0.3 is 19.8 Å². The highest BCUT2D eigenvalue weighted by atomic mass is 16.5. The highest BCUT2D eigenvalue weighted by Crippen LogP contribution is 2.10. The fourth-order valence-corrected chi connectivity index (χ4v) is 1.76. The van der Waals surface area contributed by atoms with Gasteiger partial charge in [0.25, 0.3) is 5.91 Å². The lowest BCUT2D eigenvalue weighted by molar-refractivity contribution is -0.139. The minimum absolute atomic E-state index is 0.203. The number of anilines is 1. The van der Waals surface area contributed by atoms with E-state index in [1.165, 1.54) is 19.4 Å². The van der Waals surface area contributed by atoms with E-state index in [-0.39, 0.29) is 12.5 Å². The van der Waals surface area contributed by atoms with Gasteiger partial charge in [-0.25, -0.2) is 0 Å². The predicted molar refractivity (Wildman–Crippen MR) is 87.2 cm³/mol. The maximum absolute atomic E-state index is 11.8. The molecule has 0 radical (unpaired) electrons. The van der Waals surface area contributed by atoms with Gasteiger partial charge in [0.2, 0.25) is 5.91 Å². The Hall–Kier alpha value is -3.35. The number of ether oxygens (including phenoxy) is 1. The van der Waals surface area contributed by atoms with Crippen molar-refractivity contribution in [2.45, 2.75) is 0 Å². The third-order valence-corrected chi connectivity index (χ3v) is 2.98. The number of furan rings is 1. The molecule has 24 heavy (non-hydrogen) atoms. The van der Waals surface area contributed by atoms with Crippen LogP contribution in [-0.2, 0) is 14.3 Å². The molecule has 7 nitrogen and oxygen atoms in total. The Morgan fingerprint density at radius 3 is 2.54 bits per heavy atom. The molecule has 7 heteroatoms. The van der Waals surface area contributed by atoms with Crippen molar-refractivity contribution >= 4 is 29.5 Å². The average molecular weight is 328 g/mol. The smallest absolute Gasteiger partial charge is 0.325 e. The molecule has 0 aliphatic rings. The Labute approximate surface area is 138 Å². The first-order chi connectivity index (χ1) is 11.6. The second-order valence-corrected chi connectivity index (χ2v) is 4.67. The average Bonchev–Trinajstić information content (AvgIpc) is 3.11. The molecule has 2 amide bonds. The summed E-state index contributed by atoms with van der Waals surface area (Å²) < 4.78 is 9.51. The largest absolute Gasteiger partial charge is 0.468 e. The minimum atomic E-state index is -0.532. The van der Waals surface area contributed by atoms with Gasteiger partial charge in [-0.1, -0.05) is 0 Å². The van der Waals surface area contributed by atoms with Crippen LogP contribution in [-0.4, -0.2) is 31.4 Å². The first kappa shape index (κ1) is 17.0. The summed E-state index contributed by atoms with van der Waals surface area (Å²) in [5, 5.41) is 5.08. The molecule has 0 aliphatic carbocycles. The molecule has 2 rings (SSSR count). The Balaban J connectivity index is 1.88. The van der Waals surface area contributed by atoms with Gasteiger partial charge in [0, 0.05) is 17.3 Å². The summed E-state index contributed by atoms with van der Waals surface area (Å²) in [5.41, 5.74) is 0.900. The van der Waals surface area contributed by atoms with E-state index in [4.69, 9.17) is 4.42 Å². The van der Waals surface area contributed by atoms with Crippen LogP contribution in [0.15, 0.2) is 53.2 Å². The molecule has 0 saturated heterocycles. The van der Waals surface area contributed by atoms with E-state index in [2.05, 4.69) is 15.4 Å². The summed E-state index contributed by atoms with van der Waals surface area (Å²) in [6.07, 6.45) is 4.40. The predicted octanol–water partition coefficient (Wildman–Crippen LogP) is 1.83. The van der Waals surface area contributed by atoms with Crippen LogP contribution in [0.3, 0.4) is 0 Å². The number of amides is 2. The van der Waals surface area contributed by atoms with Crippen LogP contribution in [0.5, 0.6) is 0 Å². The molecular formula is C17H16N2O5. The molecule has 0 unspecified atom stereocenters. The van der Waals surface area contributed by atoms with E-state index in [1.807, 2.05) is 0 Å². The Bertz CT molecular complexity index is 733. The molecule has 2 N–H and O–H groups in total. The standard InChI is InChI=1S/C17H16N2O5/c1-23-16(21)11-18-17(22)12-4-6-13(7-5-12)19-15(20)9-8-14-3-2-10-24-14/h2-10H,11H2,1H3,(H,18,22)(H,19,20)/b9-8+. The Kier molecular flexibility index (Phi) is 5.90. The first-order valence-corrected chi connectivity index (χ1v) is 7.06. The van der Waals surface area contributed by atoms with Crippen molar-refractivity contribution in [3.05, 3.63) is 60.1 Å². The van der Waals surface area contributed by atoms with E-state index >= 15 is 0 Å². The van der Waals surface area contributed by atoms with Gasteiger partial charge >= 0.3 is 5.97 Å². The Morgan fingerprint density at radius 2 is 1.92 bits per heavy atom. The molecule has 124 valence electrons. The normalized spacial score (nSPS) is 10.4. The summed E-state index contributed by atoms with van der Waals surface area (Å²) in [7, 11) is 1.24. The molecule has 1 aromatic heterocycles. The number of hydrogen-bond donors (Lipinski definition) is 2. The Morgan fingerprint density at radius 1 is 1.17 bits per heavy atom. The second kappa shape index (κ2) is 8.33. The fourth-order valence-electron chi connectivity index (χ4n) is 1.76. The molecule has 1 aromatic carbocycles. The van der Waals surface area contributed by atoms with E-state index in [1.54, 1.807) is 42.5 Å². The molecule has 0 aliphatic heterocycles. The lowest BCUT2D eigenvalue weighted by atomic mass is 10.2. The zero-order chi connectivity index (χ0) is 17.4. The third-order valence-electron chi connectivity index (χ3n) is 2.98. The highest BCUT2D eigenvalue weighted by molar-refractivity contribution is 6.02. The molecule has 1 heterocycles. The van der Waals surface area contributed by atoms with Crippen molar-refractivity contribution in [2.24, 2.45) is 0 Å². The van der Waals surface area contributed by atoms with E-state index < -0.39 is 11.9 Å². The summed E-state index contributed by atoms with van der Waals surface area (Å²) >= 11 is 0. The van der Waals surface area contributed by atoms with Gasteiger partial charge in [-0.05, 0) is 42.5 Å². The van der Waals surface area contributed by atoms with Gasteiger partial charge in [-0.2, -0.15) is 0 Å². The minimum Gasteiger partial charge on any atom is -0.468 e. The highest BCUT2D eigenvalue weighted by Gasteiger charge is 2.08. The number of hydrogen-bond acceptors (Lipinski definition) is 5. The number of carbonyl (C=O) groups is 3. The summed E-state index contributed by atoms with van der Waals surface area (Å²) in [6, 6.07) is 9.71. The van der Waals surface area contributed by atoms with E-state index in [0.717, 1.165) is 0 Å². The van der Waals surface area contributed by atoms with E-state index in [0.29, 0.717) is 17.0 Å². The SMILES string of the molecule is COC(=O)CNC(=O)c1ccc(NC(=O)/C=C/c2ccco2)cc1. The van der Waals surface area contributed by atoms with Gasteiger partial charge in [-0.3, -0.25) is 14.4 Å². The molecule has 0 fully saturated rings. The molecule has 0 atom stereocenters. The molecule has 0 bridgehead atoms. The maximum Gasteiger partial charge on any atom is 0.325 e. The quantitative estimate of drug-likeness (QED) is 0.623. The van der Waals surface area contributed by atoms with Crippen LogP contribution in [0.25, 0.3) is 6.08 Å². The van der Waals surface area contributed by atoms with Crippen LogP contribution in [0.1, 0.15) is 16.1 Å². The van der Waals surface area contributed by atoms with Crippen molar-refractivity contribution in [1.82, 2.24) is 5.32 Å². The van der Waals surface area contributed by atoms with E-state index in [9.17, 15) is 14.4 Å². The molecule has 0 spiro atoms. The van der Waals surface area contributed by atoms with Crippen LogP contribution in [0, 0.1) is 0 Å². The lowest BCUT2D eigenvalue weighted by Crippen LogP contribution is -2.30. The van der Waals surface area contributed by atoms with Gasteiger partial charge in [0.05, 0.1) is 13.4 Å². The van der Waals surface area contributed by atoms with Crippen molar-refractivity contribution in [2.75, 3.05) is 19.0 Å². The van der Waals surface area contributed by atoms with Crippen LogP contribution in [0.4, 0.5) is 5.69 Å². The number of benzene rings is 1. The summed E-state index contributed by atoms with van der Waals surface area (Å²) in [6.45, 7) is -0.203. The number of nitrogens with one attached hydrogen (secondary N) is 2. The topological polar surface area (TPSA) is 97.6 Å². The van der Waals surface area contributed by atoms with Gasteiger partial charge in [-0.15, -0.1) is 0 Å². The van der Waals surface area contributed by atoms with Crippen LogP contribution in [0.2, 0.25) is 0 Å². The summed E-state index contributed by atoms with van der Waals surface area (Å²) in [5.74, 6) is -0.691. The molecule has 2 aromatic rings. The van der Waals surface area contributed by atoms with Crippen molar-refractivity contribution in [3.63, 3.8) is 0 Å². The monoisotopic (exact) mass is 328 g/mol. The zero-order valence-electron chi connectivity index (χ0n) is 12.9. The van der Waals surface area contributed by atoms with Crippen molar-refractivity contribution < 1.29 is 23.5 Å². The number of methoxy groups -OCH3 is 1. The van der Waals surface area contributed by atoms with Crippen molar-refractivity contribution in [3.8, 4) is 0 Å². The first-order valence-electron chi connectivity index (χ1n) is 7.06. The number of rotatable bonds is 6. The lowest BCUT2D eigenvalue weighted by Gasteiger charge is -2.06. The number of carbonyl (C=O) groups excluding carboxylic acids is 3. The fraction of sp³-hybridized carbons (Fsp3) is 0.118. The second-order valence-electron chi connectivity index (χ2n) is 4.67. The van der Waals surface area contributed by atoms with Crippen molar-refractivity contribution in [1.29, 1.82) is 0 Å². The molecule has 0 saturated carbocycles. The number of esters is 1. The zero-order valence-corrected chi connectivity index (χ0v) is 12.9. The maximum atomic E-state index is 11.8. The summed E-state index contributed by atoms with van der Waals surface area (Å²) in [4.78, 5) is 34.5. The van der Waals surface area contributed by atoms with Crippen LogP contribution < -0.4 is 10.6 Å². The van der Waals surface area contributed by atoms with Gasteiger partial charge in [0.1, 0.15) is 12.3 Å². The third kappa shape index (κ3) is 5.13.